The molecule has 6 heteroatoms. The standard InChI is InChI=1S/C13H15F3N2S/c14-13(15,16)9-5-7-18(8-6-9)11-4-2-1-3-10(11)12(17)19/h1-4,9H,5-8H2,(H2,17,19). The molecule has 19 heavy (non-hydrogen) atoms. The van der Waals surface area contributed by atoms with Gasteiger partial charge in [-0.25, -0.2) is 0 Å². The van der Waals surface area contributed by atoms with Gasteiger partial charge in [0.1, 0.15) is 4.99 Å². The zero-order valence-corrected chi connectivity index (χ0v) is 11.1. The summed E-state index contributed by atoms with van der Waals surface area (Å²) in [5.74, 6) is -1.19. The first kappa shape index (κ1) is 14.1. The highest BCUT2D eigenvalue weighted by Gasteiger charge is 2.41. The summed E-state index contributed by atoms with van der Waals surface area (Å²) < 4.78 is 37.9. The molecule has 2 rings (SSSR count). The van der Waals surface area contributed by atoms with Gasteiger partial charge in [0.25, 0.3) is 0 Å². The summed E-state index contributed by atoms with van der Waals surface area (Å²) in [5.41, 5.74) is 7.20. The minimum atomic E-state index is -4.09. The molecule has 1 fully saturated rings. The monoisotopic (exact) mass is 288 g/mol. The van der Waals surface area contributed by atoms with E-state index >= 15 is 0 Å². The molecule has 0 aromatic heterocycles. The Balaban J connectivity index is 2.12. The molecular weight excluding hydrogens is 273 g/mol. The Kier molecular flexibility index (Phi) is 3.99. The molecule has 0 unspecified atom stereocenters. The topological polar surface area (TPSA) is 29.3 Å². The van der Waals surface area contributed by atoms with Crippen LogP contribution in [0.1, 0.15) is 18.4 Å². The lowest BCUT2D eigenvalue weighted by molar-refractivity contribution is -0.179. The third kappa shape index (κ3) is 3.18. The molecule has 1 saturated heterocycles. The van der Waals surface area contributed by atoms with E-state index in [1.54, 1.807) is 6.07 Å². The molecule has 1 aliphatic heterocycles. The van der Waals surface area contributed by atoms with Crippen LogP contribution >= 0.6 is 12.2 Å². The zero-order valence-electron chi connectivity index (χ0n) is 10.3. The smallest absolute Gasteiger partial charge is 0.389 e. The van der Waals surface area contributed by atoms with Gasteiger partial charge < -0.3 is 10.6 Å². The van der Waals surface area contributed by atoms with Crippen molar-refractivity contribution in [3.05, 3.63) is 29.8 Å². The molecule has 1 aromatic carbocycles. The maximum Gasteiger partial charge on any atom is 0.391 e. The van der Waals surface area contributed by atoms with Crippen LogP contribution in [0.25, 0.3) is 0 Å². The first-order valence-corrected chi connectivity index (χ1v) is 6.51. The summed E-state index contributed by atoms with van der Waals surface area (Å²) >= 11 is 4.97. The minimum Gasteiger partial charge on any atom is -0.389 e. The second-order valence-electron chi connectivity index (χ2n) is 4.68. The van der Waals surface area contributed by atoms with Gasteiger partial charge in [0.15, 0.2) is 0 Å². The molecule has 1 aliphatic rings. The van der Waals surface area contributed by atoms with Crippen molar-refractivity contribution in [2.45, 2.75) is 19.0 Å². The largest absolute Gasteiger partial charge is 0.391 e. The maximum absolute atomic E-state index is 12.6. The molecule has 0 radical (unpaired) electrons. The Morgan fingerprint density at radius 2 is 1.79 bits per heavy atom. The quantitative estimate of drug-likeness (QED) is 0.848. The number of rotatable bonds is 2. The molecule has 0 amide bonds. The molecule has 1 heterocycles. The highest BCUT2D eigenvalue weighted by molar-refractivity contribution is 7.80. The van der Waals surface area contributed by atoms with Crippen LogP contribution in [-0.4, -0.2) is 24.3 Å². The van der Waals surface area contributed by atoms with E-state index < -0.39 is 12.1 Å². The average molecular weight is 288 g/mol. The van der Waals surface area contributed by atoms with E-state index in [2.05, 4.69) is 0 Å². The minimum absolute atomic E-state index is 0.120. The lowest BCUT2D eigenvalue weighted by Gasteiger charge is -2.35. The lowest BCUT2D eigenvalue weighted by atomic mass is 9.95. The second kappa shape index (κ2) is 5.36. The molecule has 0 bridgehead atoms. The Hall–Kier alpha value is -1.30. The van der Waals surface area contributed by atoms with E-state index in [9.17, 15) is 13.2 Å². The number of piperidine rings is 1. The van der Waals surface area contributed by atoms with Crippen molar-refractivity contribution >= 4 is 22.9 Å². The van der Waals surface area contributed by atoms with Crippen molar-refractivity contribution in [1.29, 1.82) is 0 Å². The van der Waals surface area contributed by atoms with Gasteiger partial charge in [-0.3, -0.25) is 0 Å². The molecule has 2 N–H and O–H groups in total. The Bertz CT molecular complexity index is 465. The van der Waals surface area contributed by atoms with E-state index in [1.807, 2.05) is 23.1 Å². The summed E-state index contributed by atoms with van der Waals surface area (Å²) in [5, 5.41) is 0. The number of benzene rings is 1. The Morgan fingerprint density at radius 1 is 1.21 bits per heavy atom. The van der Waals surface area contributed by atoms with Crippen LogP contribution < -0.4 is 10.6 Å². The lowest BCUT2D eigenvalue weighted by Crippen LogP contribution is -2.39. The summed E-state index contributed by atoms with van der Waals surface area (Å²) in [6, 6.07) is 7.31. The van der Waals surface area contributed by atoms with Crippen molar-refractivity contribution < 1.29 is 13.2 Å². The van der Waals surface area contributed by atoms with Gasteiger partial charge in [-0.05, 0) is 25.0 Å². The van der Waals surface area contributed by atoms with Gasteiger partial charge in [0.2, 0.25) is 0 Å². The van der Waals surface area contributed by atoms with Gasteiger partial charge in [-0.2, -0.15) is 13.2 Å². The molecule has 0 saturated carbocycles. The number of alkyl halides is 3. The van der Waals surface area contributed by atoms with Crippen LogP contribution in [0, 0.1) is 5.92 Å². The second-order valence-corrected chi connectivity index (χ2v) is 5.12. The number of hydrogen-bond donors (Lipinski definition) is 1. The van der Waals surface area contributed by atoms with Gasteiger partial charge in [-0.1, -0.05) is 24.4 Å². The van der Waals surface area contributed by atoms with Crippen LogP contribution in [0.5, 0.6) is 0 Å². The van der Waals surface area contributed by atoms with E-state index in [1.165, 1.54) is 0 Å². The van der Waals surface area contributed by atoms with Gasteiger partial charge in [0.05, 0.1) is 5.92 Å². The van der Waals surface area contributed by atoms with Crippen LogP contribution in [-0.2, 0) is 0 Å². The third-order valence-electron chi connectivity index (χ3n) is 3.47. The average Bonchev–Trinajstić information content (AvgIpc) is 2.38. The predicted molar refractivity (Wildman–Crippen MR) is 73.3 cm³/mol. The van der Waals surface area contributed by atoms with Crippen molar-refractivity contribution in [3.8, 4) is 0 Å². The van der Waals surface area contributed by atoms with Crippen molar-refractivity contribution in [2.75, 3.05) is 18.0 Å². The van der Waals surface area contributed by atoms with Crippen LogP contribution in [0.2, 0.25) is 0 Å². The molecule has 104 valence electrons. The number of hydrogen-bond acceptors (Lipinski definition) is 2. The van der Waals surface area contributed by atoms with Crippen LogP contribution in [0.4, 0.5) is 18.9 Å². The molecular formula is C13H15F3N2S. The zero-order chi connectivity index (χ0) is 14.0. The maximum atomic E-state index is 12.6. The number of anilines is 1. The van der Waals surface area contributed by atoms with Crippen molar-refractivity contribution in [3.63, 3.8) is 0 Å². The normalized spacial score (nSPS) is 17.5. The van der Waals surface area contributed by atoms with Gasteiger partial charge in [-0.15, -0.1) is 0 Å². The SMILES string of the molecule is NC(=S)c1ccccc1N1CCC(C(F)(F)F)CC1. The predicted octanol–water partition coefficient (Wildman–Crippen LogP) is 3.10. The molecule has 2 nitrogen and oxygen atoms in total. The highest BCUT2D eigenvalue weighted by Crippen LogP contribution is 2.35. The summed E-state index contributed by atoms with van der Waals surface area (Å²) in [6.45, 7) is 0.758. The van der Waals surface area contributed by atoms with Crippen molar-refractivity contribution in [2.24, 2.45) is 11.7 Å². The highest BCUT2D eigenvalue weighted by atomic mass is 32.1. The molecule has 0 atom stereocenters. The van der Waals surface area contributed by atoms with Gasteiger partial charge in [0, 0.05) is 24.3 Å². The number of halogens is 3. The van der Waals surface area contributed by atoms with Crippen molar-refractivity contribution in [1.82, 2.24) is 0 Å². The van der Waals surface area contributed by atoms with Crippen LogP contribution in [0.15, 0.2) is 24.3 Å². The fourth-order valence-corrected chi connectivity index (χ4v) is 2.58. The van der Waals surface area contributed by atoms with E-state index in [-0.39, 0.29) is 17.8 Å². The first-order valence-electron chi connectivity index (χ1n) is 6.10. The molecule has 0 aliphatic carbocycles. The van der Waals surface area contributed by atoms with E-state index in [0.717, 1.165) is 11.3 Å². The molecule has 0 spiro atoms. The van der Waals surface area contributed by atoms with Crippen LogP contribution in [0.3, 0.4) is 0 Å². The number of nitrogens with zero attached hydrogens (tertiary/aromatic N) is 1. The van der Waals surface area contributed by atoms with E-state index in [0.29, 0.717) is 13.1 Å². The fourth-order valence-electron chi connectivity index (χ4n) is 2.41. The number of para-hydroxylation sites is 1. The fraction of sp³-hybridized carbons (Fsp3) is 0.462. The summed E-state index contributed by atoms with van der Waals surface area (Å²) in [7, 11) is 0. The number of thiocarbonyl (C=S) groups is 1. The number of nitrogens with two attached hydrogens (primary N) is 1. The third-order valence-corrected chi connectivity index (χ3v) is 3.69. The molecule has 1 aromatic rings. The van der Waals surface area contributed by atoms with Gasteiger partial charge >= 0.3 is 6.18 Å². The first-order chi connectivity index (χ1) is 8.89. The van der Waals surface area contributed by atoms with E-state index in [4.69, 9.17) is 18.0 Å². The summed E-state index contributed by atoms with van der Waals surface area (Å²) in [4.78, 5) is 2.20. The Labute approximate surface area is 115 Å². The summed E-state index contributed by atoms with van der Waals surface area (Å²) in [6.07, 6.45) is -3.85. The Morgan fingerprint density at radius 3 is 2.32 bits per heavy atom.